The lowest BCUT2D eigenvalue weighted by Crippen LogP contribution is -2.34. The summed E-state index contributed by atoms with van der Waals surface area (Å²) >= 11 is 0. The zero-order valence-corrected chi connectivity index (χ0v) is 13.7. The van der Waals surface area contributed by atoms with Crippen LogP contribution in [-0.2, 0) is 10.0 Å². The minimum absolute atomic E-state index is 0.177. The minimum atomic E-state index is -3.53. The van der Waals surface area contributed by atoms with E-state index in [-0.39, 0.29) is 11.4 Å². The van der Waals surface area contributed by atoms with Crippen molar-refractivity contribution in [2.75, 3.05) is 19.6 Å². The fourth-order valence-corrected chi connectivity index (χ4v) is 3.36. The second-order valence-corrected chi connectivity index (χ2v) is 6.82. The molecule has 1 heterocycles. The van der Waals surface area contributed by atoms with E-state index in [2.05, 4.69) is 23.7 Å². The van der Waals surface area contributed by atoms with E-state index in [1.54, 1.807) is 6.07 Å². The summed E-state index contributed by atoms with van der Waals surface area (Å²) < 4.78 is 26.8. The van der Waals surface area contributed by atoms with E-state index >= 15 is 0 Å². The lowest BCUT2D eigenvalue weighted by Gasteiger charge is -2.23. The van der Waals surface area contributed by atoms with E-state index in [1.807, 2.05) is 13.8 Å². The maximum atomic E-state index is 12.7. The zero-order chi connectivity index (χ0) is 15.9. The Balaban J connectivity index is 3.10. The van der Waals surface area contributed by atoms with Crippen molar-refractivity contribution in [1.82, 2.24) is 9.29 Å². The molecule has 1 aromatic rings. The maximum Gasteiger partial charge on any atom is 0.244 e. The molecule has 0 spiro atoms. The standard InChI is InChI=1S/C15H23N3O2S/c1-4-13(3)12-18(5-2)21(19,20)15-9-14(7-6-8-16)10-17-11-15/h9-11,13H,4-5,8,12,16H2,1-3H3. The fourth-order valence-electron chi connectivity index (χ4n) is 1.80. The molecule has 0 fully saturated rings. The Hall–Kier alpha value is -1.42. The van der Waals surface area contributed by atoms with Gasteiger partial charge < -0.3 is 5.73 Å². The number of sulfonamides is 1. The molecule has 1 unspecified atom stereocenters. The first-order valence-corrected chi connectivity index (χ1v) is 8.53. The number of nitrogens with two attached hydrogens (primary N) is 1. The smallest absolute Gasteiger partial charge is 0.244 e. The van der Waals surface area contributed by atoms with Crippen molar-refractivity contribution < 1.29 is 8.42 Å². The van der Waals surface area contributed by atoms with Crippen molar-refractivity contribution in [1.29, 1.82) is 0 Å². The van der Waals surface area contributed by atoms with Crippen LogP contribution in [-0.4, -0.2) is 37.3 Å². The van der Waals surface area contributed by atoms with Gasteiger partial charge >= 0.3 is 0 Å². The van der Waals surface area contributed by atoms with E-state index in [0.717, 1.165) is 6.42 Å². The first-order chi connectivity index (χ1) is 9.95. The highest BCUT2D eigenvalue weighted by Gasteiger charge is 2.24. The van der Waals surface area contributed by atoms with E-state index < -0.39 is 10.0 Å². The van der Waals surface area contributed by atoms with Crippen LogP contribution in [0.3, 0.4) is 0 Å². The van der Waals surface area contributed by atoms with E-state index in [9.17, 15) is 8.42 Å². The van der Waals surface area contributed by atoms with Gasteiger partial charge in [-0.1, -0.05) is 39.0 Å². The van der Waals surface area contributed by atoms with Gasteiger partial charge in [0.25, 0.3) is 0 Å². The molecule has 2 N–H and O–H groups in total. The third-order valence-electron chi connectivity index (χ3n) is 3.25. The fraction of sp³-hybridized carbons (Fsp3) is 0.533. The van der Waals surface area contributed by atoms with Gasteiger partial charge in [0.05, 0.1) is 6.54 Å². The largest absolute Gasteiger partial charge is 0.320 e. The van der Waals surface area contributed by atoms with Crippen LogP contribution >= 0.6 is 0 Å². The van der Waals surface area contributed by atoms with Gasteiger partial charge in [-0.15, -0.1) is 0 Å². The normalized spacial score (nSPS) is 12.8. The molecule has 1 aromatic heterocycles. The number of hydrogen-bond acceptors (Lipinski definition) is 4. The van der Waals surface area contributed by atoms with Gasteiger partial charge in [-0.05, 0) is 12.0 Å². The molecule has 0 amide bonds. The summed E-state index contributed by atoms with van der Waals surface area (Å²) in [6.07, 6.45) is 3.83. The van der Waals surface area contributed by atoms with Crippen LogP contribution < -0.4 is 5.73 Å². The summed E-state index contributed by atoms with van der Waals surface area (Å²) in [5, 5.41) is 0. The molecule has 0 aliphatic carbocycles. The second-order valence-electron chi connectivity index (χ2n) is 4.88. The Morgan fingerprint density at radius 1 is 1.38 bits per heavy atom. The van der Waals surface area contributed by atoms with Crippen LogP contribution in [0, 0.1) is 17.8 Å². The third-order valence-corrected chi connectivity index (χ3v) is 5.16. The molecule has 0 saturated carbocycles. The minimum Gasteiger partial charge on any atom is -0.320 e. The van der Waals surface area contributed by atoms with Crippen LogP contribution in [0.1, 0.15) is 32.8 Å². The molecule has 21 heavy (non-hydrogen) atoms. The first-order valence-electron chi connectivity index (χ1n) is 7.09. The number of aromatic nitrogens is 1. The number of hydrogen-bond donors (Lipinski definition) is 1. The molecule has 0 saturated heterocycles. The lowest BCUT2D eigenvalue weighted by molar-refractivity contribution is 0.361. The predicted molar refractivity (Wildman–Crippen MR) is 84.1 cm³/mol. The van der Waals surface area contributed by atoms with Crippen LogP contribution in [0.25, 0.3) is 0 Å². The van der Waals surface area contributed by atoms with Crippen LogP contribution in [0.4, 0.5) is 0 Å². The van der Waals surface area contributed by atoms with Gasteiger partial charge in [-0.25, -0.2) is 8.42 Å². The summed E-state index contributed by atoms with van der Waals surface area (Å²) in [6, 6.07) is 1.55. The van der Waals surface area contributed by atoms with Crippen molar-refractivity contribution in [2.45, 2.75) is 32.1 Å². The van der Waals surface area contributed by atoms with E-state index in [4.69, 9.17) is 5.73 Å². The molecule has 5 nitrogen and oxygen atoms in total. The zero-order valence-electron chi connectivity index (χ0n) is 12.8. The Morgan fingerprint density at radius 3 is 2.67 bits per heavy atom. The van der Waals surface area contributed by atoms with Crippen LogP contribution in [0.5, 0.6) is 0 Å². The molecule has 0 bridgehead atoms. The third kappa shape index (κ3) is 4.81. The summed E-state index contributed by atoms with van der Waals surface area (Å²) in [5.74, 6) is 5.82. The second kappa shape index (κ2) is 8.13. The molecule has 0 aliphatic rings. The first kappa shape index (κ1) is 17.6. The monoisotopic (exact) mass is 309 g/mol. The number of pyridine rings is 1. The van der Waals surface area contributed by atoms with Crippen molar-refractivity contribution in [3.63, 3.8) is 0 Å². The number of rotatable bonds is 6. The van der Waals surface area contributed by atoms with Gasteiger partial charge in [0.15, 0.2) is 0 Å². The van der Waals surface area contributed by atoms with Crippen LogP contribution in [0.2, 0.25) is 0 Å². The molecule has 6 heteroatoms. The Kier molecular flexibility index (Phi) is 6.82. The van der Waals surface area contributed by atoms with Gasteiger partial charge in [0.2, 0.25) is 10.0 Å². The van der Waals surface area contributed by atoms with Crippen molar-refractivity contribution in [3.8, 4) is 11.8 Å². The van der Waals surface area contributed by atoms with Gasteiger partial charge in [0.1, 0.15) is 4.90 Å². The van der Waals surface area contributed by atoms with E-state index in [1.165, 1.54) is 16.7 Å². The van der Waals surface area contributed by atoms with E-state index in [0.29, 0.717) is 24.6 Å². The summed E-state index contributed by atoms with van der Waals surface area (Å²) in [4.78, 5) is 4.15. The molecule has 0 aliphatic heterocycles. The van der Waals surface area contributed by atoms with Gasteiger partial charge in [-0.3, -0.25) is 4.98 Å². The number of nitrogens with zero attached hydrogens (tertiary/aromatic N) is 2. The Morgan fingerprint density at radius 2 is 2.10 bits per heavy atom. The summed E-state index contributed by atoms with van der Waals surface area (Å²) in [5.41, 5.74) is 5.88. The Bertz CT molecular complexity index is 617. The van der Waals surface area contributed by atoms with Crippen molar-refractivity contribution >= 4 is 10.0 Å². The topological polar surface area (TPSA) is 76.3 Å². The molecular weight excluding hydrogens is 286 g/mol. The highest BCUT2D eigenvalue weighted by atomic mass is 32.2. The van der Waals surface area contributed by atoms with Crippen molar-refractivity contribution in [3.05, 3.63) is 24.0 Å². The SMILES string of the molecule is CCC(C)CN(CC)S(=O)(=O)c1cncc(C#CCN)c1. The molecule has 0 radical (unpaired) electrons. The average molecular weight is 309 g/mol. The lowest BCUT2D eigenvalue weighted by atomic mass is 10.1. The summed E-state index contributed by atoms with van der Waals surface area (Å²) in [6.45, 7) is 7.10. The van der Waals surface area contributed by atoms with Gasteiger partial charge in [0, 0.05) is 31.0 Å². The van der Waals surface area contributed by atoms with Gasteiger partial charge in [-0.2, -0.15) is 4.31 Å². The molecule has 0 aromatic carbocycles. The molecule has 1 rings (SSSR count). The molecule has 116 valence electrons. The quantitative estimate of drug-likeness (QED) is 0.807. The molecular formula is C15H23N3O2S. The van der Waals surface area contributed by atoms with Crippen LogP contribution in [0.15, 0.2) is 23.4 Å². The summed E-state index contributed by atoms with van der Waals surface area (Å²) in [7, 11) is -3.53. The molecule has 1 atom stereocenters. The average Bonchev–Trinajstić information content (AvgIpc) is 2.50. The maximum absolute atomic E-state index is 12.7. The van der Waals surface area contributed by atoms with Crippen molar-refractivity contribution in [2.24, 2.45) is 11.7 Å². The predicted octanol–water partition coefficient (Wildman–Crippen LogP) is 1.45. The highest BCUT2D eigenvalue weighted by Crippen LogP contribution is 2.18. The highest BCUT2D eigenvalue weighted by molar-refractivity contribution is 7.89. The Labute approximate surface area is 127 Å².